The van der Waals surface area contributed by atoms with Crippen LogP contribution in [0.15, 0.2) is 53.7 Å². The highest BCUT2D eigenvalue weighted by Gasteiger charge is 2.60. The number of likely N-dealkylation sites (tertiary alicyclic amines) is 1. The Hall–Kier alpha value is -3.09. The van der Waals surface area contributed by atoms with Gasteiger partial charge in [0, 0.05) is 34.2 Å². The van der Waals surface area contributed by atoms with E-state index in [0.717, 1.165) is 15.6 Å². The number of nitrogens with zero attached hydrogens (tertiary/aromatic N) is 4. The SMILES string of the molecule is C=CCOC(=O)C1=C(S[C@H]2CC(c3ncc4sccn34)N(C(=O)OCC=C)C2)[C@H](C)[C@@H]2[C@@H]([C@@H](C)O)C(=O)N12. The summed E-state index contributed by atoms with van der Waals surface area (Å²) in [5.74, 6) is -0.895. The highest BCUT2D eigenvalue weighted by molar-refractivity contribution is 8.03. The molecule has 5 rings (SSSR count). The first-order chi connectivity index (χ1) is 18.3. The van der Waals surface area contributed by atoms with Crippen LogP contribution in [0.5, 0.6) is 0 Å². The van der Waals surface area contributed by atoms with E-state index in [0.29, 0.717) is 13.0 Å². The molecule has 2 aromatic heterocycles. The smallest absolute Gasteiger partial charge is 0.410 e. The van der Waals surface area contributed by atoms with Crippen molar-refractivity contribution in [2.45, 2.75) is 43.7 Å². The van der Waals surface area contributed by atoms with Crippen molar-refractivity contribution in [3.63, 3.8) is 0 Å². The van der Waals surface area contributed by atoms with E-state index in [1.807, 2.05) is 22.9 Å². The van der Waals surface area contributed by atoms with Crippen molar-refractivity contribution in [2.24, 2.45) is 11.8 Å². The van der Waals surface area contributed by atoms with Crippen LogP contribution in [0.25, 0.3) is 4.83 Å². The summed E-state index contributed by atoms with van der Waals surface area (Å²) in [5, 5.41) is 12.1. The number of aromatic nitrogens is 2. The average molecular weight is 559 g/mol. The van der Waals surface area contributed by atoms with E-state index in [9.17, 15) is 19.5 Å². The van der Waals surface area contributed by atoms with Crippen LogP contribution >= 0.6 is 23.1 Å². The van der Waals surface area contributed by atoms with Gasteiger partial charge in [-0.05, 0) is 13.3 Å². The van der Waals surface area contributed by atoms with E-state index in [1.54, 1.807) is 29.4 Å². The van der Waals surface area contributed by atoms with Gasteiger partial charge in [0.25, 0.3) is 0 Å². The maximum absolute atomic E-state index is 13.1. The Balaban J connectivity index is 1.45. The second-order valence-electron chi connectivity index (χ2n) is 9.59. The molecule has 0 radical (unpaired) electrons. The van der Waals surface area contributed by atoms with Gasteiger partial charge in [0.15, 0.2) is 0 Å². The van der Waals surface area contributed by atoms with Crippen LogP contribution in [-0.2, 0) is 19.1 Å². The molecule has 2 fully saturated rings. The van der Waals surface area contributed by atoms with Crippen LogP contribution in [0.3, 0.4) is 0 Å². The lowest BCUT2D eigenvalue weighted by atomic mass is 9.79. The minimum atomic E-state index is -0.833. The number of thiazole rings is 1. The Kier molecular flexibility index (Phi) is 7.38. The van der Waals surface area contributed by atoms with Crippen molar-refractivity contribution >= 4 is 45.9 Å². The molecule has 0 aliphatic carbocycles. The molecular weight excluding hydrogens is 528 g/mol. The van der Waals surface area contributed by atoms with E-state index in [1.165, 1.54) is 28.8 Å². The van der Waals surface area contributed by atoms with Crippen LogP contribution in [-0.4, -0.2) is 79.4 Å². The Morgan fingerprint density at radius 1 is 1.32 bits per heavy atom. The van der Waals surface area contributed by atoms with Crippen LogP contribution in [0.2, 0.25) is 0 Å². The summed E-state index contributed by atoms with van der Waals surface area (Å²) in [6.07, 6.45) is 5.99. The van der Waals surface area contributed by atoms with Crippen LogP contribution < -0.4 is 0 Å². The van der Waals surface area contributed by atoms with Gasteiger partial charge < -0.3 is 19.5 Å². The number of hydrogen-bond donors (Lipinski definition) is 1. The largest absolute Gasteiger partial charge is 0.457 e. The van der Waals surface area contributed by atoms with Gasteiger partial charge in [-0.2, -0.15) is 0 Å². The molecule has 0 saturated carbocycles. The second kappa shape index (κ2) is 10.6. The number of carbonyl (C=O) groups is 3. The van der Waals surface area contributed by atoms with Crippen LogP contribution in [0, 0.1) is 11.8 Å². The molecule has 10 nitrogen and oxygen atoms in total. The van der Waals surface area contributed by atoms with Crippen molar-refractivity contribution in [1.29, 1.82) is 0 Å². The Bertz CT molecular complexity index is 1320. The summed E-state index contributed by atoms with van der Waals surface area (Å²) >= 11 is 3.04. The minimum absolute atomic E-state index is 0.0200. The third kappa shape index (κ3) is 4.34. The fourth-order valence-corrected chi connectivity index (χ4v) is 7.82. The number of esters is 1. The van der Waals surface area contributed by atoms with E-state index in [-0.39, 0.29) is 48.1 Å². The van der Waals surface area contributed by atoms with Crippen LogP contribution in [0.1, 0.15) is 32.1 Å². The van der Waals surface area contributed by atoms with Gasteiger partial charge in [0.05, 0.1) is 30.3 Å². The molecule has 0 bridgehead atoms. The first kappa shape index (κ1) is 26.5. The topological polar surface area (TPSA) is 114 Å². The number of carbonyl (C=O) groups excluding carboxylic acids is 3. The minimum Gasteiger partial charge on any atom is -0.457 e. The highest BCUT2D eigenvalue weighted by atomic mass is 32.2. The lowest BCUT2D eigenvalue weighted by molar-refractivity contribution is -0.164. The third-order valence-corrected chi connectivity index (χ3v) is 9.53. The normalized spacial score (nSPS) is 27.3. The van der Waals surface area contributed by atoms with E-state index >= 15 is 0 Å². The van der Waals surface area contributed by atoms with Crippen molar-refractivity contribution < 1.29 is 29.0 Å². The maximum atomic E-state index is 13.1. The first-order valence-corrected chi connectivity index (χ1v) is 14.2. The van der Waals surface area contributed by atoms with Gasteiger partial charge in [0.1, 0.15) is 29.6 Å². The summed E-state index contributed by atoms with van der Waals surface area (Å²) in [6, 6.07) is -0.654. The fraction of sp³-hybridized carbons (Fsp3) is 0.462. The van der Waals surface area contributed by atoms with Crippen molar-refractivity contribution in [3.05, 3.63) is 59.5 Å². The fourth-order valence-electron chi connectivity index (χ4n) is 5.60. The Morgan fingerprint density at radius 3 is 2.76 bits per heavy atom. The monoisotopic (exact) mass is 558 g/mol. The zero-order valence-electron chi connectivity index (χ0n) is 21.2. The van der Waals surface area contributed by atoms with Gasteiger partial charge in [-0.3, -0.25) is 14.1 Å². The standard InChI is InChI=1S/C26H30N4O6S2/c1-5-8-35-25(33)21-22(14(3)20-19(15(4)31)24(32)30(20)21)38-16-11-17(29(13-16)26(34)36-9-6-2)23-27-12-18-28(23)7-10-37-18/h5-7,10,12,14-17,19-20,31H,1-2,8-9,11,13H2,3-4H3/t14-,15-,16+,17?,19-,20-/m1/s1. The molecule has 1 unspecified atom stereocenters. The van der Waals surface area contributed by atoms with Crippen LogP contribution in [0.4, 0.5) is 4.79 Å². The molecule has 0 spiro atoms. The first-order valence-electron chi connectivity index (χ1n) is 12.4. The van der Waals surface area contributed by atoms with Gasteiger partial charge >= 0.3 is 12.1 Å². The number of fused-ring (bicyclic) bond motifs is 2. The molecule has 12 heteroatoms. The summed E-state index contributed by atoms with van der Waals surface area (Å²) in [5.41, 5.74) is 0.224. The van der Waals surface area contributed by atoms with Gasteiger partial charge in [-0.25, -0.2) is 14.6 Å². The van der Waals surface area contributed by atoms with Gasteiger partial charge in [-0.15, -0.1) is 23.1 Å². The van der Waals surface area contributed by atoms with E-state index in [2.05, 4.69) is 18.1 Å². The number of aliphatic hydroxyl groups excluding tert-OH is 1. The van der Waals surface area contributed by atoms with E-state index < -0.39 is 24.1 Å². The Labute approximate surface area is 228 Å². The summed E-state index contributed by atoms with van der Waals surface area (Å²) < 4.78 is 12.7. The number of thioether (sulfide) groups is 1. The molecule has 2 saturated heterocycles. The number of hydrogen-bond acceptors (Lipinski definition) is 9. The molecule has 3 aliphatic heterocycles. The number of amides is 2. The summed E-state index contributed by atoms with van der Waals surface area (Å²) in [7, 11) is 0. The molecular formula is C26H30N4O6S2. The molecule has 2 aromatic rings. The lowest BCUT2D eigenvalue weighted by Gasteiger charge is -2.46. The number of imidazole rings is 1. The zero-order valence-corrected chi connectivity index (χ0v) is 22.8. The predicted molar refractivity (Wildman–Crippen MR) is 143 cm³/mol. The summed E-state index contributed by atoms with van der Waals surface area (Å²) in [6.45, 7) is 11.3. The Morgan fingerprint density at radius 2 is 2.05 bits per heavy atom. The zero-order chi connectivity index (χ0) is 27.1. The highest BCUT2D eigenvalue weighted by Crippen LogP contribution is 2.53. The number of ether oxygens (including phenoxy) is 2. The molecule has 2 amide bonds. The average Bonchev–Trinajstić information content (AvgIpc) is 3.64. The lowest BCUT2D eigenvalue weighted by Crippen LogP contribution is -2.63. The molecule has 38 heavy (non-hydrogen) atoms. The molecule has 5 heterocycles. The van der Waals surface area contributed by atoms with Gasteiger partial charge in [-0.1, -0.05) is 32.2 Å². The van der Waals surface area contributed by atoms with Crippen molar-refractivity contribution in [1.82, 2.24) is 19.2 Å². The van der Waals surface area contributed by atoms with Crippen molar-refractivity contribution in [3.8, 4) is 0 Å². The number of β-lactam (4-membered cyclic amide) rings is 1. The third-order valence-electron chi connectivity index (χ3n) is 7.24. The molecule has 3 aliphatic rings. The van der Waals surface area contributed by atoms with E-state index in [4.69, 9.17) is 9.47 Å². The molecule has 6 atom stereocenters. The summed E-state index contributed by atoms with van der Waals surface area (Å²) in [4.78, 5) is 48.5. The van der Waals surface area contributed by atoms with Crippen molar-refractivity contribution in [2.75, 3.05) is 19.8 Å². The molecule has 1 N–H and O–H groups in total. The predicted octanol–water partition coefficient (Wildman–Crippen LogP) is 3.37. The molecule has 0 aromatic carbocycles. The molecule has 202 valence electrons. The second-order valence-corrected chi connectivity index (χ2v) is 11.9. The quantitative estimate of drug-likeness (QED) is 0.283. The van der Waals surface area contributed by atoms with Gasteiger partial charge in [0.2, 0.25) is 5.91 Å². The maximum Gasteiger partial charge on any atom is 0.410 e. The number of rotatable bonds is 9. The number of aliphatic hydroxyl groups is 1.